The number of halogens is 1. The number of imidazole rings is 1. The van der Waals surface area contributed by atoms with Crippen molar-refractivity contribution in [3.63, 3.8) is 0 Å². The number of carbonyl (C=O) groups excluding carboxylic acids is 1. The normalized spacial score (nSPS) is 13.1. The SMILES string of the molecule is Cn1c(CCNC(=O)/C=C/c2ccc3c(c2)CCO3)nc2ccc(F)cc21. The molecule has 2 aromatic carbocycles. The van der Waals surface area contributed by atoms with E-state index in [1.807, 2.05) is 29.8 Å². The molecule has 0 radical (unpaired) electrons. The van der Waals surface area contributed by atoms with Gasteiger partial charge < -0.3 is 14.6 Å². The Balaban J connectivity index is 1.34. The fourth-order valence-corrected chi connectivity index (χ4v) is 3.27. The first-order chi connectivity index (χ1) is 13.1. The third-order valence-corrected chi connectivity index (χ3v) is 4.72. The molecule has 1 aliphatic rings. The molecule has 3 aromatic rings. The molecule has 0 fully saturated rings. The Morgan fingerprint density at radius 3 is 3.11 bits per heavy atom. The van der Waals surface area contributed by atoms with Crippen LogP contribution in [0.1, 0.15) is 17.0 Å². The molecule has 0 saturated carbocycles. The maximum absolute atomic E-state index is 13.4. The zero-order chi connectivity index (χ0) is 18.8. The first kappa shape index (κ1) is 17.3. The lowest BCUT2D eigenvalue weighted by atomic mass is 10.1. The van der Waals surface area contributed by atoms with Gasteiger partial charge in [-0.25, -0.2) is 9.37 Å². The maximum atomic E-state index is 13.4. The average Bonchev–Trinajstić information content (AvgIpc) is 3.25. The number of ether oxygens (including phenoxy) is 1. The monoisotopic (exact) mass is 365 g/mol. The summed E-state index contributed by atoms with van der Waals surface area (Å²) in [5, 5.41) is 2.86. The summed E-state index contributed by atoms with van der Waals surface area (Å²) in [5.74, 6) is 1.29. The molecule has 0 bridgehead atoms. The molecule has 1 aromatic heterocycles. The van der Waals surface area contributed by atoms with Crippen molar-refractivity contribution in [2.75, 3.05) is 13.2 Å². The van der Waals surface area contributed by atoms with Crippen LogP contribution in [0.2, 0.25) is 0 Å². The van der Waals surface area contributed by atoms with Gasteiger partial charge in [0.2, 0.25) is 5.91 Å². The molecular weight excluding hydrogens is 345 g/mol. The molecule has 0 unspecified atom stereocenters. The molecule has 5 nitrogen and oxygen atoms in total. The summed E-state index contributed by atoms with van der Waals surface area (Å²) < 4.78 is 20.7. The average molecular weight is 365 g/mol. The second-order valence-corrected chi connectivity index (χ2v) is 6.56. The summed E-state index contributed by atoms with van der Waals surface area (Å²) in [6.07, 6.45) is 4.81. The van der Waals surface area contributed by atoms with Gasteiger partial charge >= 0.3 is 0 Å². The van der Waals surface area contributed by atoms with E-state index in [4.69, 9.17) is 4.74 Å². The molecule has 0 spiro atoms. The van der Waals surface area contributed by atoms with Crippen molar-refractivity contribution >= 4 is 23.0 Å². The van der Waals surface area contributed by atoms with Crippen LogP contribution in [0.25, 0.3) is 17.1 Å². The molecule has 0 saturated heterocycles. The van der Waals surface area contributed by atoms with Crippen molar-refractivity contribution in [1.82, 2.24) is 14.9 Å². The molecular formula is C21H20FN3O2. The van der Waals surface area contributed by atoms with Crippen LogP contribution in [0.5, 0.6) is 5.75 Å². The number of nitrogens with one attached hydrogen (secondary N) is 1. The Kier molecular flexibility index (Phi) is 4.62. The van der Waals surface area contributed by atoms with Gasteiger partial charge in [0.1, 0.15) is 17.4 Å². The van der Waals surface area contributed by atoms with E-state index in [-0.39, 0.29) is 11.7 Å². The highest BCUT2D eigenvalue weighted by Crippen LogP contribution is 2.26. The first-order valence-corrected chi connectivity index (χ1v) is 8.92. The van der Waals surface area contributed by atoms with E-state index in [0.717, 1.165) is 41.2 Å². The Labute approximate surface area is 156 Å². The Bertz CT molecular complexity index is 1040. The van der Waals surface area contributed by atoms with Crippen molar-refractivity contribution in [3.8, 4) is 5.75 Å². The lowest BCUT2D eigenvalue weighted by Gasteiger charge is -2.04. The van der Waals surface area contributed by atoms with Gasteiger partial charge in [-0.2, -0.15) is 0 Å². The van der Waals surface area contributed by atoms with E-state index in [1.54, 1.807) is 12.1 Å². The lowest BCUT2D eigenvalue weighted by molar-refractivity contribution is -0.116. The number of hydrogen-bond acceptors (Lipinski definition) is 3. The van der Waals surface area contributed by atoms with Gasteiger partial charge in [-0.05, 0) is 47.5 Å². The van der Waals surface area contributed by atoms with Gasteiger partial charge in [-0.3, -0.25) is 4.79 Å². The van der Waals surface area contributed by atoms with Crippen molar-refractivity contribution in [2.24, 2.45) is 7.05 Å². The molecule has 1 amide bonds. The zero-order valence-corrected chi connectivity index (χ0v) is 15.0. The highest BCUT2D eigenvalue weighted by atomic mass is 19.1. The van der Waals surface area contributed by atoms with Crippen LogP contribution in [-0.2, 0) is 24.7 Å². The summed E-state index contributed by atoms with van der Waals surface area (Å²) in [7, 11) is 1.85. The van der Waals surface area contributed by atoms with Crippen molar-refractivity contribution in [3.05, 3.63) is 65.2 Å². The number of aromatic nitrogens is 2. The largest absolute Gasteiger partial charge is 0.493 e. The Morgan fingerprint density at radius 1 is 1.33 bits per heavy atom. The summed E-state index contributed by atoms with van der Waals surface area (Å²) in [4.78, 5) is 16.5. The Morgan fingerprint density at radius 2 is 2.22 bits per heavy atom. The summed E-state index contributed by atoms with van der Waals surface area (Å²) in [5.41, 5.74) is 3.65. The van der Waals surface area contributed by atoms with Crippen molar-refractivity contribution < 1.29 is 13.9 Å². The topological polar surface area (TPSA) is 56.2 Å². The predicted octanol–water partition coefficient (Wildman–Crippen LogP) is 3.02. The van der Waals surface area contributed by atoms with Crippen molar-refractivity contribution in [1.29, 1.82) is 0 Å². The number of aryl methyl sites for hydroxylation is 1. The third-order valence-electron chi connectivity index (χ3n) is 4.72. The van der Waals surface area contributed by atoms with Crippen molar-refractivity contribution in [2.45, 2.75) is 12.8 Å². The maximum Gasteiger partial charge on any atom is 0.244 e. The number of carbonyl (C=O) groups is 1. The van der Waals surface area contributed by atoms with Crippen LogP contribution in [0.15, 0.2) is 42.5 Å². The van der Waals surface area contributed by atoms with Gasteiger partial charge in [0.15, 0.2) is 0 Å². The van der Waals surface area contributed by atoms with E-state index >= 15 is 0 Å². The summed E-state index contributed by atoms with van der Waals surface area (Å²) in [6, 6.07) is 10.5. The van der Waals surface area contributed by atoms with E-state index in [1.165, 1.54) is 23.8 Å². The minimum Gasteiger partial charge on any atom is -0.493 e. The van der Waals surface area contributed by atoms with Crippen LogP contribution in [0.3, 0.4) is 0 Å². The molecule has 138 valence electrons. The lowest BCUT2D eigenvalue weighted by Crippen LogP contribution is -2.24. The van der Waals surface area contributed by atoms with Gasteiger partial charge in [0.25, 0.3) is 0 Å². The second kappa shape index (κ2) is 7.23. The standard InChI is InChI=1S/C21H20FN3O2/c1-25-18-13-16(22)4-5-17(18)24-20(25)8-10-23-21(26)7-3-14-2-6-19-15(12-14)9-11-27-19/h2-7,12-13H,8-11H2,1H3,(H,23,26)/b7-3+. The minimum absolute atomic E-state index is 0.156. The fourth-order valence-electron chi connectivity index (χ4n) is 3.27. The van der Waals surface area contributed by atoms with Crippen LogP contribution in [0.4, 0.5) is 4.39 Å². The first-order valence-electron chi connectivity index (χ1n) is 8.92. The van der Waals surface area contributed by atoms with Crippen LogP contribution >= 0.6 is 0 Å². The molecule has 6 heteroatoms. The number of hydrogen-bond donors (Lipinski definition) is 1. The third kappa shape index (κ3) is 3.69. The van der Waals surface area contributed by atoms with E-state index in [0.29, 0.717) is 13.0 Å². The minimum atomic E-state index is -0.284. The fraction of sp³-hybridized carbons (Fsp3) is 0.238. The highest BCUT2D eigenvalue weighted by Gasteiger charge is 2.11. The molecule has 0 aliphatic carbocycles. The highest BCUT2D eigenvalue weighted by molar-refractivity contribution is 5.91. The number of nitrogens with zero attached hydrogens (tertiary/aromatic N) is 2. The summed E-state index contributed by atoms with van der Waals surface area (Å²) >= 11 is 0. The van der Waals surface area contributed by atoms with Gasteiger partial charge in [-0.1, -0.05) is 6.07 Å². The molecule has 2 heterocycles. The molecule has 27 heavy (non-hydrogen) atoms. The summed E-state index contributed by atoms with van der Waals surface area (Å²) in [6.45, 7) is 1.18. The van der Waals surface area contributed by atoms with E-state index in [9.17, 15) is 9.18 Å². The smallest absolute Gasteiger partial charge is 0.244 e. The van der Waals surface area contributed by atoms with Crippen LogP contribution in [0, 0.1) is 5.82 Å². The van der Waals surface area contributed by atoms with Gasteiger partial charge in [-0.15, -0.1) is 0 Å². The number of amides is 1. The van der Waals surface area contributed by atoms with Crippen LogP contribution < -0.4 is 10.1 Å². The van der Waals surface area contributed by atoms with Gasteiger partial charge in [0, 0.05) is 32.5 Å². The van der Waals surface area contributed by atoms with E-state index < -0.39 is 0 Å². The number of rotatable bonds is 5. The molecule has 0 atom stereocenters. The molecule has 4 rings (SSSR count). The zero-order valence-electron chi connectivity index (χ0n) is 15.0. The van der Waals surface area contributed by atoms with Crippen LogP contribution in [-0.4, -0.2) is 28.6 Å². The quantitative estimate of drug-likeness (QED) is 0.707. The number of fused-ring (bicyclic) bond motifs is 2. The van der Waals surface area contributed by atoms with E-state index in [2.05, 4.69) is 10.3 Å². The second-order valence-electron chi connectivity index (χ2n) is 6.56. The molecule has 1 N–H and O–H groups in total. The Hall–Kier alpha value is -3.15. The van der Waals surface area contributed by atoms with Gasteiger partial charge in [0.05, 0.1) is 17.6 Å². The molecule has 1 aliphatic heterocycles. The predicted molar refractivity (Wildman–Crippen MR) is 102 cm³/mol. The number of benzene rings is 2.